The monoisotopic (exact) mass is 601 g/mol. The number of hydrogen-bond donors (Lipinski definition) is 1. The van der Waals surface area contributed by atoms with Crippen LogP contribution in [0.3, 0.4) is 0 Å². The first kappa shape index (κ1) is 39.5. The second-order valence-electron chi connectivity index (χ2n) is 14.3. The first-order valence-electron chi connectivity index (χ1n) is 18.9. The molecule has 0 radical (unpaired) electrons. The van der Waals surface area contributed by atoms with Gasteiger partial charge in [0.2, 0.25) is 0 Å². The molecule has 43 heavy (non-hydrogen) atoms. The van der Waals surface area contributed by atoms with E-state index in [9.17, 15) is 9.90 Å². The van der Waals surface area contributed by atoms with E-state index < -0.39 is 0 Å². The van der Waals surface area contributed by atoms with Crippen LogP contribution in [-0.4, -0.2) is 17.7 Å². The summed E-state index contributed by atoms with van der Waals surface area (Å²) in [6.45, 7) is 8.86. The predicted octanol–water partition coefficient (Wildman–Crippen LogP) is 13.4. The van der Waals surface area contributed by atoms with Crippen molar-refractivity contribution in [2.45, 2.75) is 206 Å². The molecule has 3 nitrogen and oxygen atoms in total. The summed E-state index contributed by atoms with van der Waals surface area (Å²) in [7, 11) is 0. The van der Waals surface area contributed by atoms with Crippen LogP contribution >= 0.6 is 0 Å². The SMILES string of the molecule is CCCCCCCCCCCCCCCCCCCCCCCCCCCCCOC(=O)c1ccc(O)c(C(C)(C)C)c1. The summed E-state index contributed by atoms with van der Waals surface area (Å²) in [4.78, 5) is 12.4. The lowest BCUT2D eigenvalue weighted by Crippen LogP contribution is -2.14. The molecule has 3 heteroatoms. The van der Waals surface area contributed by atoms with Gasteiger partial charge in [0, 0.05) is 5.56 Å². The first-order chi connectivity index (χ1) is 20.9. The Morgan fingerprint density at radius 1 is 0.558 bits per heavy atom. The molecule has 1 aromatic rings. The van der Waals surface area contributed by atoms with Crippen LogP contribution in [0.2, 0.25) is 0 Å². The second kappa shape index (κ2) is 26.9. The molecule has 250 valence electrons. The van der Waals surface area contributed by atoms with Crippen LogP contribution < -0.4 is 0 Å². The molecule has 0 amide bonds. The van der Waals surface area contributed by atoms with Gasteiger partial charge in [-0.3, -0.25) is 0 Å². The number of hydrogen-bond acceptors (Lipinski definition) is 3. The van der Waals surface area contributed by atoms with Crippen LogP contribution in [0, 0.1) is 0 Å². The smallest absolute Gasteiger partial charge is 0.338 e. The highest BCUT2D eigenvalue weighted by Crippen LogP contribution is 2.31. The lowest BCUT2D eigenvalue weighted by atomic mass is 9.85. The molecule has 0 aliphatic heterocycles. The molecular formula is C40H72O3. The van der Waals surface area contributed by atoms with Crippen LogP contribution in [0.25, 0.3) is 0 Å². The Balaban J connectivity index is 1.78. The molecule has 0 aliphatic carbocycles. The summed E-state index contributed by atoms with van der Waals surface area (Å²) < 4.78 is 5.47. The van der Waals surface area contributed by atoms with Crippen molar-refractivity contribution < 1.29 is 14.6 Å². The predicted molar refractivity (Wildman–Crippen MR) is 187 cm³/mol. The second-order valence-corrected chi connectivity index (χ2v) is 14.3. The lowest BCUT2D eigenvalue weighted by molar-refractivity contribution is 0.0497. The van der Waals surface area contributed by atoms with Gasteiger partial charge in [0.1, 0.15) is 5.75 Å². The minimum absolute atomic E-state index is 0.217. The summed E-state index contributed by atoms with van der Waals surface area (Å²) in [6.07, 6.45) is 37.6. The maximum Gasteiger partial charge on any atom is 0.338 e. The Kier molecular flexibility index (Phi) is 24.7. The van der Waals surface area contributed by atoms with Gasteiger partial charge in [0.25, 0.3) is 0 Å². The van der Waals surface area contributed by atoms with E-state index in [-0.39, 0.29) is 17.1 Å². The molecule has 0 unspecified atom stereocenters. The number of carbonyl (C=O) groups excluding carboxylic acids is 1. The molecule has 0 saturated heterocycles. The summed E-state index contributed by atoms with van der Waals surface area (Å²) in [5, 5.41) is 10.1. The van der Waals surface area contributed by atoms with Crippen molar-refractivity contribution >= 4 is 5.97 Å². The molecule has 0 aromatic heterocycles. The average Bonchev–Trinajstić information content (AvgIpc) is 2.98. The van der Waals surface area contributed by atoms with Crippen LogP contribution in [0.1, 0.15) is 217 Å². The number of unbranched alkanes of at least 4 members (excludes halogenated alkanes) is 26. The number of esters is 1. The highest BCUT2D eigenvalue weighted by molar-refractivity contribution is 5.90. The van der Waals surface area contributed by atoms with Crippen molar-refractivity contribution in [2.75, 3.05) is 6.61 Å². The van der Waals surface area contributed by atoms with Crippen LogP contribution in [0.5, 0.6) is 5.75 Å². The van der Waals surface area contributed by atoms with Gasteiger partial charge in [-0.2, -0.15) is 0 Å². The number of rotatable bonds is 29. The third kappa shape index (κ3) is 22.6. The van der Waals surface area contributed by atoms with E-state index in [0.29, 0.717) is 12.2 Å². The van der Waals surface area contributed by atoms with Crippen molar-refractivity contribution in [3.63, 3.8) is 0 Å². The van der Waals surface area contributed by atoms with Gasteiger partial charge < -0.3 is 9.84 Å². The van der Waals surface area contributed by atoms with Crippen LogP contribution in [0.4, 0.5) is 0 Å². The fourth-order valence-corrected chi connectivity index (χ4v) is 6.11. The van der Waals surface area contributed by atoms with E-state index in [1.807, 2.05) is 20.8 Å². The van der Waals surface area contributed by atoms with E-state index >= 15 is 0 Å². The first-order valence-corrected chi connectivity index (χ1v) is 18.9. The van der Waals surface area contributed by atoms with E-state index in [1.54, 1.807) is 18.2 Å². The normalized spacial score (nSPS) is 11.7. The minimum Gasteiger partial charge on any atom is -0.508 e. The van der Waals surface area contributed by atoms with Gasteiger partial charge >= 0.3 is 5.97 Å². The topological polar surface area (TPSA) is 46.5 Å². The van der Waals surface area contributed by atoms with Crippen molar-refractivity contribution in [2.24, 2.45) is 0 Å². The average molecular weight is 601 g/mol. The summed E-state index contributed by atoms with van der Waals surface area (Å²) in [5.74, 6) is -0.0602. The summed E-state index contributed by atoms with van der Waals surface area (Å²) in [6, 6.07) is 5.01. The van der Waals surface area contributed by atoms with Crippen molar-refractivity contribution in [1.82, 2.24) is 0 Å². The number of aromatic hydroxyl groups is 1. The summed E-state index contributed by atoms with van der Waals surface area (Å²) >= 11 is 0. The molecule has 1 aromatic carbocycles. The Labute approximate surface area is 268 Å². The Morgan fingerprint density at radius 3 is 1.21 bits per heavy atom. The molecule has 1 rings (SSSR count). The fraction of sp³-hybridized carbons (Fsp3) is 0.825. The van der Waals surface area contributed by atoms with Gasteiger partial charge in [-0.25, -0.2) is 4.79 Å². The molecule has 1 N–H and O–H groups in total. The number of phenolic OH excluding ortho intramolecular Hbond substituents is 1. The maximum atomic E-state index is 12.4. The van der Waals surface area contributed by atoms with Crippen molar-refractivity contribution in [1.29, 1.82) is 0 Å². The largest absolute Gasteiger partial charge is 0.508 e. The molecule has 0 atom stereocenters. The van der Waals surface area contributed by atoms with Crippen LogP contribution in [0.15, 0.2) is 18.2 Å². The molecule has 0 saturated carbocycles. The quantitative estimate of drug-likeness (QED) is 0.0735. The molecule has 0 fully saturated rings. The number of carbonyl (C=O) groups is 1. The van der Waals surface area contributed by atoms with E-state index in [0.717, 1.165) is 18.4 Å². The Bertz CT molecular complexity index is 778. The summed E-state index contributed by atoms with van der Waals surface area (Å²) in [5.41, 5.74) is 1.08. The van der Waals surface area contributed by atoms with Gasteiger partial charge in [-0.05, 0) is 30.0 Å². The van der Waals surface area contributed by atoms with E-state index in [4.69, 9.17) is 4.74 Å². The third-order valence-electron chi connectivity index (χ3n) is 9.02. The van der Waals surface area contributed by atoms with Crippen LogP contribution in [-0.2, 0) is 10.2 Å². The zero-order chi connectivity index (χ0) is 31.4. The molecular weight excluding hydrogens is 528 g/mol. The highest BCUT2D eigenvalue weighted by Gasteiger charge is 2.20. The maximum absolute atomic E-state index is 12.4. The zero-order valence-electron chi connectivity index (χ0n) is 29.3. The Hall–Kier alpha value is -1.51. The zero-order valence-corrected chi connectivity index (χ0v) is 29.3. The number of ether oxygens (including phenoxy) is 1. The fourth-order valence-electron chi connectivity index (χ4n) is 6.11. The number of phenols is 1. The highest BCUT2D eigenvalue weighted by atomic mass is 16.5. The van der Waals surface area contributed by atoms with Crippen molar-refractivity contribution in [3.05, 3.63) is 29.3 Å². The molecule has 0 bridgehead atoms. The van der Waals surface area contributed by atoms with Gasteiger partial charge in [0.05, 0.1) is 12.2 Å². The van der Waals surface area contributed by atoms with Crippen molar-refractivity contribution in [3.8, 4) is 5.75 Å². The Morgan fingerprint density at radius 2 is 0.884 bits per heavy atom. The van der Waals surface area contributed by atoms with Gasteiger partial charge in [-0.15, -0.1) is 0 Å². The molecule has 0 aliphatic rings. The van der Waals surface area contributed by atoms with E-state index in [2.05, 4.69) is 6.92 Å². The minimum atomic E-state index is -0.291. The number of benzene rings is 1. The van der Waals surface area contributed by atoms with E-state index in [1.165, 1.54) is 161 Å². The van der Waals surface area contributed by atoms with Gasteiger partial charge in [0.15, 0.2) is 0 Å². The molecule has 0 heterocycles. The third-order valence-corrected chi connectivity index (χ3v) is 9.02. The lowest BCUT2D eigenvalue weighted by Gasteiger charge is -2.21. The molecule has 0 spiro atoms. The standard InChI is InChI=1S/C40H72O3/c1-5-6-7-8-9-10-11-12-13-14-15-16-17-18-19-20-21-22-23-24-25-26-27-28-29-30-31-34-43-39(42)36-32-33-38(41)37(35-36)40(2,3)4/h32-33,35,41H,5-31,34H2,1-4H3. The van der Waals surface area contributed by atoms with Gasteiger partial charge in [-0.1, -0.05) is 195 Å².